The Labute approximate surface area is 116 Å². The lowest BCUT2D eigenvalue weighted by Crippen LogP contribution is -2.42. The zero-order valence-corrected chi connectivity index (χ0v) is 12.2. The number of nitrogens with one attached hydrogen (secondary N) is 2. The van der Waals surface area contributed by atoms with E-state index in [1.165, 1.54) is 7.05 Å². The molecular formula is C13H21N3O4. The van der Waals surface area contributed by atoms with E-state index < -0.39 is 16.7 Å². The van der Waals surface area contributed by atoms with Gasteiger partial charge in [0.2, 0.25) is 11.8 Å². The number of carbonyl (C=O) groups is 1. The first kappa shape index (κ1) is 16.0. The highest BCUT2D eigenvalue weighted by atomic mass is 16.3. The molecule has 3 N–H and O–H groups in total. The molecule has 0 radical (unpaired) electrons. The second-order valence-electron chi connectivity index (χ2n) is 5.36. The third kappa shape index (κ3) is 3.09. The van der Waals surface area contributed by atoms with E-state index in [-0.39, 0.29) is 23.9 Å². The molecule has 0 aromatic carbocycles. The van der Waals surface area contributed by atoms with Crippen molar-refractivity contribution >= 4 is 5.91 Å². The van der Waals surface area contributed by atoms with Gasteiger partial charge in [-0.2, -0.15) is 0 Å². The van der Waals surface area contributed by atoms with E-state index in [2.05, 4.69) is 10.3 Å². The Balaban J connectivity index is 3.33. The lowest BCUT2D eigenvalue weighted by molar-refractivity contribution is -0.129. The molecule has 0 spiro atoms. The van der Waals surface area contributed by atoms with Crippen molar-refractivity contribution in [2.75, 3.05) is 7.05 Å². The minimum atomic E-state index is -0.891. The molecular weight excluding hydrogens is 262 g/mol. The molecule has 1 aromatic rings. The number of amides is 1. The monoisotopic (exact) mass is 283 g/mol. The van der Waals surface area contributed by atoms with E-state index in [1.54, 1.807) is 13.8 Å². The molecule has 112 valence electrons. The van der Waals surface area contributed by atoms with E-state index in [1.807, 2.05) is 6.92 Å². The average molecular weight is 283 g/mol. The summed E-state index contributed by atoms with van der Waals surface area (Å²) in [5, 5.41) is 12.6. The Morgan fingerprint density at radius 2 is 2.00 bits per heavy atom. The third-order valence-electron chi connectivity index (χ3n) is 3.16. The van der Waals surface area contributed by atoms with Crippen LogP contribution >= 0.6 is 0 Å². The van der Waals surface area contributed by atoms with Crippen LogP contribution in [-0.4, -0.2) is 27.6 Å². The standard InChI is InChI=1S/C13H21N3O4/c1-5-6-8-9(17)15-12(20)16(10(8)18)7-13(2,3)11(19)14-4/h18H,5-7H2,1-4H3,(H,14,19)(H,15,17,20). The summed E-state index contributed by atoms with van der Waals surface area (Å²) in [5.41, 5.74) is -2.02. The Kier molecular flexibility index (Phi) is 4.75. The largest absolute Gasteiger partial charge is 0.494 e. The van der Waals surface area contributed by atoms with Crippen LogP contribution in [0.2, 0.25) is 0 Å². The molecule has 0 saturated heterocycles. The summed E-state index contributed by atoms with van der Waals surface area (Å²) in [6.07, 6.45) is 1.02. The number of carbonyl (C=O) groups excluding carboxylic acids is 1. The smallest absolute Gasteiger partial charge is 0.331 e. The Bertz CT molecular complexity index is 613. The molecule has 0 aliphatic rings. The van der Waals surface area contributed by atoms with Crippen LogP contribution in [0, 0.1) is 5.41 Å². The van der Waals surface area contributed by atoms with Crippen molar-refractivity contribution in [2.24, 2.45) is 5.41 Å². The molecule has 0 aliphatic heterocycles. The maximum absolute atomic E-state index is 11.8. The second kappa shape index (κ2) is 5.94. The highest BCUT2D eigenvalue weighted by molar-refractivity contribution is 5.81. The lowest BCUT2D eigenvalue weighted by atomic mass is 9.92. The Morgan fingerprint density at radius 3 is 2.50 bits per heavy atom. The molecule has 0 unspecified atom stereocenters. The highest BCUT2D eigenvalue weighted by Crippen LogP contribution is 2.21. The van der Waals surface area contributed by atoms with Crippen LogP contribution in [0.25, 0.3) is 0 Å². The number of rotatable bonds is 5. The summed E-state index contributed by atoms with van der Waals surface area (Å²) < 4.78 is 1.03. The first-order valence-electron chi connectivity index (χ1n) is 6.51. The Hall–Kier alpha value is -2.05. The van der Waals surface area contributed by atoms with Gasteiger partial charge < -0.3 is 10.4 Å². The molecule has 0 atom stereocenters. The van der Waals surface area contributed by atoms with Gasteiger partial charge in [0.25, 0.3) is 5.56 Å². The number of aromatic amines is 1. The van der Waals surface area contributed by atoms with Gasteiger partial charge in [0, 0.05) is 13.6 Å². The number of H-pyrrole nitrogens is 1. The molecule has 0 saturated carbocycles. The van der Waals surface area contributed by atoms with Crippen LogP contribution in [-0.2, 0) is 17.8 Å². The molecule has 1 aromatic heterocycles. The molecule has 0 fully saturated rings. The van der Waals surface area contributed by atoms with E-state index in [9.17, 15) is 19.5 Å². The summed E-state index contributed by atoms with van der Waals surface area (Å²) >= 11 is 0. The van der Waals surface area contributed by atoms with Crippen LogP contribution < -0.4 is 16.6 Å². The first-order chi connectivity index (χ1) is 9.24. The van der Waals surface area contributed by atoms with E-state index >= 15 is 0 Å². The maximum Gasteiger partial charge on any atom is 0.331 e. The Morgan fingerprint density at radius 1 is 1.40 bits per heavy atom. The van der Waals surface area contributed by atoms with Crippen LogP contribution in [0.1, 0.15) is 32.8 Å². The van der Waals surface area contributed by atoms with E-state index in [0.717, 1.165) is 4.57 Å². The fourth-order valence-electron chi connectivity index (χ4n) is 2.03. The first-order valence-corrected chi connectivity index (χ1v) is 6.51. The molecule has 7 nitrogen and oxygen atoms in total. The van der Waals surface area contributed by atoms with Crippen LogP contribution in [0.3, 0.4) is 0 Å². The van der Waals surface area contributed by atoms with Gasteiger partial charge in [-0.1, -0.05) is 13.3 Å². The zero-order valence-electron chi connectivity index (χ0n) is 12.2. The molecule has 0 bridgehead atoms. The van der Waals surface area contributed by atoms with Gasteiger partial charge in [-0.25, -0.2) is 4.79 Å². The predicted molar refractivity (Wildman–Crippen MR) is 74.8 cm³/mol. The number of hydrogen-bond donors (Lipinski definition) is 3. The number of aromatic nitrogens is 2. The molecule has 1 amide bonds. The van der Waals surface area contributed by atoms with Gasteiger partial charge in [-0.05, 0) is 20.3 Å². The fourth-order valence-corrected chi connectivity index (χ4v) is 2.03. The average Bonchev–Trinajstić information content (AvgIpc) is 2.38. The predicted octanol–water partition coefficient (Wildman–Crippen LogP) is -0.0331. The van der Waals surface area contributed by atoms with Crippen molar-refractivity contribution in [3.05, 3.63) is 26.4 Å². The molecule has 1 rings (SSSR count). The summed E-state index contributed by atoms with van der Waals surface area (Å²) in [5.74, 6) is -0.621. The summed E-state index contributed by atoms with van der Waals surface area (Å²) in [7, 11) is 1.50. The summed E-state index contributed by atoms with van der Waals surface area (Å²) in [6, 6.07) is 0. The van der Waals surface area contributed by atoms with E-state index in [0.29, 0.717) is 12.8 Å². The van der Waals surface area contributed by atoms with Crippen LogP contribution in [0.15, 0.2) is 9.59 Å². The van der Waals surface area contributed by atoms with Crippen molar-refractivity contribution in [3.8, 4) is 5.88 Å². The van der Waals surface area contributed by atoms with Gasteiger partial charge >= 0.3 is 5.69 Å². The van der Waals surface area contributed by atoms with Gasteiger partial charge in [0.05, 0.1) is 11.0 Å². The highest BCUT2D eigenvalue weighted by Gasteiger charge is 2.29. The number of hydrogen-bond acceptors (Lipinski definition) is 4. The molecule has 20 heavy (non-hydrogen) atoms. The number of aromatic hydroxyl groups is 1. The van der Waals surface area contributed by atoms with Crippen molar-refractivity contribution in [1.29, 1.82) is 0 Å². The number of nitrogens with zero attached hydrogens (tertiary/aromatic N) is 1. The summed E-state index contributed by atoms with van der Waals surface area (Å²) in [6.45, 7) is 5.15. The van der Waals surface area contributed by atoms with E-state index in [4.69, 9.17) is 0 Å². The molecule has 7 heteroatoms. The van der Waals surface area contributed by atoms with Crippen molar-refractivity contribution in [2.45, 2.75) is 40.2 Å². The van der Waals surface area contributed by atoms with Gasteiger partial charge in [0.15, 0.2) is 0 Å². The quantitative estimate of drug-likeness (QED) is 0.705. The van der Waals surface area contributed by atoms with Crippen molar-refractivity contribution in [1.82, 2.24) is 14.9 Å². The topological polar surface area (TPSA) is 104 Å². The normalized spacial score (nSPS) is 11.4. The minimum absolute atomic E-state index is 0.0230. The SMILES string of the molecule is CCCc1c(O)n(CC(C)(C)C(=O)NC)c(=O)[nH]c1=O. The van der Waals surface area contributed by atoms with Gasteiger partial charge in [-0.15, -0.1) is 0 Å². The maximum atomic E-state index is 11.8. The summed E-state index contributed by atoms with van der Waals surface area (Å²) in [4.78, 5) is 37.4. The minimum Gasteiger partial charge on any atom is -0.494 e. The third-order valence-corrected chi connectivity index (χ3v) is 3.16. The molecule has 0 aliphatic carbocycles. The second-order valence-corrected chi connectivity index (χ2v) is 5.36. The van der Waals surface area contributed by atoms with Gasteiger partial charge in [0.1, 0.15) is 0 Å². The lowest BCUT2D eigenvalue weighted by Gasteiger charge is -2.24. The van der Waals surface area contributed by atoms with Crippen molar-refractivity contribution in [3.63, 3.8) is 0 Å². The van der Waals surface area contributed by atoms with Crippen LogP contribution in [0.4, 0.5) is 0 Å². The van der Waals surface area contributed by atoms with Crippen molar-refractivity contribution < 1.29 is 9.90 Å². The van der Waals surface area contributed by atoms with Crippen LogP contribution in [0.5, 0.6) is 5.88 Å². The fraction of sp³-hybridized carbons (Fsp3) is 0.615. The zero-order chi connectivity index (χ0) is 15.5. The molecule has 1 heterocycles. The van der Waals surface area contributed by atoms with Gasteiger partial charge in [-0.3, -0.25) is 19.1 Å².